The first kappa shape index (κ1) is 20.5. The van der Waals surface area contributed by atoms with Crippen LogP contribution in [-0.2, 0) is 14.3 Å². The topological polar surface area (TPSA) is 125 Å². The molecule has 1 unspecified atom stereocenters. The number of anilines is 1. The number of amides is 3. The Morgan fingerprint density at radius 3 is 2.74 bits per heavy atom. The molecular formula is C18H23N3O6. The Morgan fingerprint density at radius 2 is 2.07 bits per heavy atom. The highest BCUT2D eigenvalue weighted by Crippen LogP contribution is 2.31. The average Bonchev–Trinajstić information content (AvgIpc) is 2.94. The molecule has 0 aromatic heterocycles. The van der Waals surface area contributed by atoms with Crippen molar-refractivity contribution in [1.29, 1.82) is 0 Å². The van der Waals surface area contributed by atoms with Crippen molar-refractivity contribution in [3.63, 3.8) is 0 Å². The molecule has 3 N–H and O–H groups in total. The molecule has 27 heavy (non-hydrogen) atoms. The van der Waals surface area contributed by atoms with Crippen molar-refractivity contribution in [2.24, 2.45) is 0 Å². The Kier molecular flexibility index (Phi) is 7.44. The lowest BCUT2D eigenvalue weighted by molar-refractivity contribution is -0.121. The monoisotopic (exact) mass is 377 g/mol. The molecule has 0 saturated carbocycles. The molecule has 1 heterocycles. The second kappa shape index (κ2) is 9.79. The third kappa shape index (κ3) is 4.69. The van der Waals surface area contributed by atoms with Crippen LogP contribution >= 0.6 is 0 Å². The quantitative estimate of drug-likeness (QED) is 0.277. The summed E-state index contributed by atoms with van der Waals surface area (Å²) in [6.45, 7) is 0.836. The Bertz CT molecular complexity index is 721. The van der Waals surface area contributed by atoms with Crippen LogP contribution in [0.2, 0.25) is 0 Å². The van der Waals surface area contributed by atoms with Gasteiger partial charge in [0.15, 0.2) is 0 Å². The van der Waals surface area contributed by atoms with Crippen molar-refractivity contribution in [3.05, 3.63) is 29.3 Å². The standard InChI is InChI=1S/C18H23N3O6/c1-19-15(24)6-5-12(11-23)21-17(25)13-3-2-4-14(16(13)18(21)26)20-7-9-27-10-8-22/h2-4,11-12,20,22H,5-10H2,1H3,(H,19,24). The average molecular weight is 377 g/mol. The van der Waals surface area contributed by atoms with Gasteiger partial charge in [-0.2, -0.15) is 0 Å². The summed E-state index contributed by atoms with van der Waals surface area (Å²) in [6, 6.07) is 3.84. The van der Waals surface area contributed by atoms with E-state index >= 15 is 0 Å². The molecule has 0 radical (unpaired) electrons. The van der Waals surface area contributed by atoms with Gasteiger partial charge in [-0.1, -0.05) is 6.07 Å². The number of ether oxygens (including phenoxy) is 1. The first-order chi connectivity index (χ1) is 13.0. The molecule has 146 valence electrons. The summed E-state index contributed by atoms with van der Waals surface area (Å²) in [5.41, 5.74) is 0.890. The van der Waals surface area contributed by atoms with E-state index in [1.165, 1.54) is 13.1 Å². The molecule has 9 heteroatoms. The predicted molar refractivity (Wildman–Crippen MR) is 96.5 cm³/mol. The van der Waals surface area contributed by atoms with E-state index < -0.39 is 17.9 Å². The van der Waals surface area contributed by atoms with Crippen molar-refractivity contribution < 1.29 is 29.0 Å². The van der Waals surface area contributed by atoms with E-state index in [9.17, 15) is 19.2 Å². The van der Waals surface area contributed by atoms with Gasteiger partial charge in [0.1, 0.15) is 6.29 Å². The van der Waals surface area contributed by atoms with Crippen LogP contribution in [0.1, 0.15) is 33.6 Å². The van der Waals surface area contributed by atoms with Gasteiger partial charge in [-0.25, -0.2) is 0 Å². The molecule has 2 rings (SSSR count). The molecule has 1 aliphatic heterocycles. The van der Waals surface area contributed by atoms with Gasteiger partial charge < -0.3 is 25.3 Å². The van der Waals surface area contributed by atoms with Crippen molar-refractivity contribution in [2.75, 3.05) is 38.7 Å². The third-order valence-corrected chi connectivity index (χ3v) is 4.18. The Hall–Kier alpha value is -2.78. The number of fused-ring (bicyclic) bond motifs is 1. The number of aliphatic hydroxyl groups is 1. The molecule has 1 aromatic carbocycles. The summed E-state index contributed by atoms with van der Waals surface area (Å²) in [5.74, 6) is -1.39. The number of carbonyl (C=O) groups excluding carboxylic acids is 4. The van der Waals surface area contributed by atoms with Gasteiger partial charge in [0.2, 0.25) is 5.91 Å². The number of hydrogen-bond acceptors (Lipinski definition) is 7. The number of benzene rings is 1. The van der Waals surface area contributed by atoms with Gasteiger partial charge in [0.05, 0.1) is 37.0 Å². The minimum Gasteiger partial charge on any atom is -0.394 e. The van der Waals surface area contributed by atoms with Gasteiger partial charge >= 0.3 is 0 Å². The molecule has 1 atom stereocenters. The predicted octanol–water partition coefficient (Wildman–Crippen LogP) is -0.203. The molecule has 0 aliphatic carbocycles. The SMILES string of the molecule is CNC(=O)CCC(C=O)N1C(=O)c2cccc(NCCOCCO)c2C1=O. The number of imide groups is 1. The Morgan fingerprint density at radius 1 is 1.30 bits per heavy atom. The molecule has 0 fully saturated rings. The zero-order chi connectivity index (χ0) is 19.8. The van der Waals surface area contributed by atoms with Crippen LogP contribution in [0.4, 0.5) is 5.69 Å². The first-order valence-electron chi connectivity index (χ1n) is 8.64. The molecule has 1 aromatic rings. The summed E-state index contributed by atoms with van der Waals surface area (Å²) in [5, 5.41) is 14.2. The number of aliphatic hydroxyl groups excluding tert-OH is 1. The first-order valence-corrected chi connectivity index (χ1v) is 8.64. The molecular weight excluding hydrogens is 354 g/mol. The van der Waals surface area contributed by atoms with Crippen molar-refractivity contribution >= 4 is 29.7 Å². The Labute approximate surface area is 156 Å². The molecule has 9 nitrogen and oxygen atoms in total. The van der Waals surface area contributed by atoms with Gasteiger partial charge in [-0.15, -0.1) is 0 Å². The highest BCUT2D eigenvalue weighted by Gasteiger charge is 2.41. The zero-order valence-electron chi connectivity index (χ0n) is 15.1. The van der Waals surface area contributed by atoms with Crippen molar-refractivity contribution in [3.8, 4) is 0 Å². The molecule has 0 spiro atoms. The second-order valence-electron chi connectivity index (χ2n) is 5.89. The van der Waals surface area contributed by atoms with Crippen LogP contribution < -0.4 is 10.6 Å². The summed E-state index contributed by atoms with van der Waals surface area (Å²) in [4.78, 5) is 49.3. The number of aldehydes is 1. The lowest BCUT2D eigenvalue weighted by Gasteiger charge is -2.21. The normalized spacial score (nSPS) is 14.1. The fourth-order valence-electron chi connectivity index (χ4n) is 2.84. The lowest BCUT2D eigenvalue weighted by atomic mass is 10.1. The van der Waals surface area contributed by atoms with Gasteiger partial charge in [-0.3, -0.25) is 19.3 Å². The summed E-state index contributed by atoms with van der Waals surface area (Å²) < 4.78 is 5.15. The van der Waals surface area contributed by atoms with E-state index in [2.05, 4.69) is 10.6 Å². The maximum Gasteiger partial charge on any atom is 0.264 e. The summed E-state index contributed by atoms with van der Waals surface area (Å²) in [7, 11) is 1.47. The largest absolute Gasteiger partial charge is 0.394 e. The smallest absolute Gasteiger partial charge is 0.264 e. The van der Waals surface area contributed by atoms with Crippen LogP contribution in [0.15, 0.2) is 18.2 Å². The fraction of sp³-hybridized carbons (Fsp3) is 0.444. The maximum absolute atomic E-state index is 12.8. The number of hydrogen-bond donors (Lipinski definition) is 3. The number of nitrogens with one attached hydrogen (secondary N) is 2. The highest BCUT2D eigenvalue weighted by atomic mass is 16.5. The second-order valence-corrected chi connectivity index (χ2v) is 5.89. The number of rotatable bonds is 11. The fourth-order valence-corrected chi connectivity index (χ4v) is 2.84. The Balaban J connectivity index is 2.14. The molecule has 0 bridgehead atoms. The highest BCUT2D eigenvalue weighted by molar-refractivity contribution is 6.24. The third-order valence-electron chi connectivity index (χ3n) is 4.18. The van der Waals surface area contributed by atoms with Crippen LogP contribution in [0.5, 0.6) is 0 Å². The van der Waals surface area contributed by atoms with Crippen LogP contribution in [0.3, 0.4) is 0 Å². The van der Waals surface area contributed by atoms with Crippen LogP contribution in [0, 0.1) is 0 Å². The molecule has 0 saturated heterocycles. The minimum atomic E-state index is -1.00. The maximum atomic E-state index is 12.8. The molecule has 1 aliphatic rings. The number of carbonyl (C=O) groups is 4. The van der Waals surface area contributed by atoms with E-state index in [1.54, 1.807) is 12.1 Å². The summed E-state index contributed by atoms with van der Waals surface area (Å²) in [6.07, 6.45) is 0.605. The van der Waals surface area contributed by atoms with E-state index in [4.69, 9.17) is 9.84 Å². The van der Waals surface area contributed by atoms with Gasteiger partial charge in [-0.05, 0) is 18.6 Å². The van der Waals surface area contributed by atoms with E-state index in [1.807, 2.05) is 0 Å². The van der Waals surface area contributed by atoms with Gasteiger partial charge in [0, 0.05) is 25.7 Å². The van der Waals surface area contributed by atoms with Crippen LogP contribution in [0.25, 0.3) is 0 Å². The minimum absolute atomic E-state index is 0.0284. The number of nitrogens with zero attached hydrogens (tertiary/aromatic N) is 1. The van der Waals surface area contributed by atoms with Crippen molar-refractivity contribution in [2.45, 2.75) is 18.9 Å². The van der Waals surface area contributed by atoms with E-state index in [-0.39, 0.29) is 43.1 Å². The molecule has 3 amide bonds. The van der Waals surface area contributed by atoms with Crippen LogP contribution in [-0.4, -0.2) is 73.5 Å². The van der Waals surface area contributed by atoms with Crippen molar-refractivity contribution in [1.82, 2.24) is 10.2 Å². The lowest BCUT2D eigenvalue weighted by Crippen LogP contribution is -2.41. The van der Waals surface area contributed by atoms with E-state index in [0.717, 1.165) is 4.90 Å². The zero-order valence-corrected chi connectivity index (χ0v) is 15.1. The van der Waals surface area contributed by atoms with Gasteiger partial charge in [0.25, 0.3) is 11.8 Å². The summed E-state index contributed by atoms with van der Waals surface area (Å²) >= 11 is 0. The van der Waals surface area contributed by atoms with E-state index in [0.29, 0.717) is 25.1 Å².